The SMILES string of the molecule is C[C@@H]1CN(c2ccc(C(=O)NC3CCCC3)nn2)C[C@@H](C)S1. The first kappa shape index (κ1) is 15.6. The molecule has 5 nitrogen and oxygen atoms in total. The maximum absolute atomic E-state index is 12.2. The summed E-state index contributed by atoms with van der Waals surface area (Å²) in [7, 11) is 0. The van der Waals surface area contributed by atoms with Crippen LogP contribution in [0.1, 0.15) is 50.0 Å². The molecule has 120 valence electrons. The second kappa shape index (κ2) is 6.86. The summed E-state index contributed by atoms with van der Waals surface area (Å²) in [6.07, 6.45) is 4.58. The number of carbonyl (C=O) groups is 1. The van der Waals surface area contributed by atoms with Crippen molar-refractivity contribution in [1.29, 1.82) is 0 Å². The Hall–Kier alpha value is -1.30. The summed E-state index contributed by atoms with van der Waals surface area (Å²) >= 11 is 2.01. The first-order chi connectivity index (χ1) is 10.6. The fraction of sp³-hybridized carbons (Fsp3) is 0.688. The second-order valence-electron chi connectivity index (χ2n) is 6.39. The van der Waals surface area contributed by atoms with Crippen LogP contribution >= 0.6 is 11.8 Å². The predicted molar refractivity (Wildman–Crippen MR) is 90.5 cm³/mol. The van der Waals surface area contributed by atoms with Gasteiger partial charge in [-0.3, -0.25) is 4.79 Å². The number of carbonyl (C=O) groups excluding carboxylic acids is 1. The Morgan fingerprint density at radius 3 is 2.45 bits per heavy atom. The maximum Gasteiger partial charge on any atom is 0.272 e. The lowest BCUT2D eigenvalue weighted by Crippen LogP contribution is -2.41. The monoisotopic (exact) mass is 320 g/mol. The lowest BCUT2D eigenvalue weighted by atomic mass is 10.2. The van der Waals surface area contributed by atoms with Gasteiger partial charge in [-0.25, -0.2) is 0 Å². The number of thioether (sulfide) groups is 1. The van der Waals surface area contributed by atoms with Crippen molar-refractivity contribution in [2.24, 2.45) is 0 Å². The molecule has 0 spiro atoms. The molecule has 0 bridgehead atoms. The van der Waals surface area contributed by atoms with Gasteiger partial charge in [-0.15, -0.1) is 10.2 Å². The molecule has 1 aliphatic heterocycles. The van der Waals surface area contributed by atoms with E-state index in [9.17, 15) is 4.79 Å². The molecule has 1 saturated heterocycles. The van der Waals surface area contributed by atoms with E-state index in [0.29, 0.717) is 22.2 Å². The largest absolute Gasteiger partial charge is 0.353 e. The van der Waals surface area contributed by atoms with Gasteiger partial charge in [0.05, 0.1) is 0 Å². The van der Waals surface area contributed by atoms with Crippen LogP contribution in [0.25, 0.3) is 0 Å². The van der Waals surface area contributed by atoms with E-state index >= 15 is 0 Å². The highest BCUT2D eigenvalue weighted by molar-refractivity contribution is 8.00. The van der Waals surface area contributed by atoms with Gasteiger partial charge in [-0.05, 0) is 25.0 Å². The van der Waals surface area contributed by atoms with E-state index in [-0.39, 0.29) is 5.91 Å². The average Bonchev–Trinajstić information content (AvgIpc) is 2.99. The molecular weight excluding hydrogens is 296 g/mol. The fourth-order valence-corrected chi connectivity index (χ4v) is 4.63. The van der Waals surface area contributed by atoms with Crippen LogP contribution in [0.3, 0.4) is 0 Å². The molecule has 2 heterocycles. The maximum atomic E-state index is 12.2. The van der Waals surface area contributed by atoms with Gasteiger partial charge < -0.3 is 10.2 Å². The number of rotatable bonds is 3. The molecule has 3 rings (SSSR count). The van der Waals surface area contributed by atoms with Gasteiger partial charge in [0.25, 0.3) is 5.91 Å². The minimum absolute atomic E-state index is 0.0955. The highest BCUT2D eigenvalue weighted by Gasteiger charge is 2.24. The molecule has 0 radical (unpaired) electrons. The smallest absolute Gasteiger partial charge is 0.272 e. The van der Waals surface area contributed by atoms with Crippen LogP contribution in [0.15, 0.2) is 12.1 Å². The normalized spacial score (nSPS) is 26.2. The van der Waals surface area contributed by atoms with E-state index < -0.39 is 0 Å². The van der Waals surface area contributed by atoms with Gasteiger partial charge in [0.1, 0.15) is 0 Å². The molecule has 2 fully saturated rings. The van der Waals surface area contributed by atoms with Crippen molar-refractivity contribution < 1.29 is 4.79 Å². The number of hydrogen-bond acceptors (Lipinski definition) is 5. The van der Waals surface area contributed by atoms with Gasteiger partial charge in [0.15, 0.2) is 11.5 Å². The minimum Gasteiger partial charge on any atom is -0.353 e. The first-order valence-corrected chi connectivity index (χ1v) is 9.11. The van der Waals surface area contributed by atoms with Gasteiger partial charge in [-0.2, -0.15) is 11.8 Å². The summed E-state index contributed by atoms with van der Waals surface area (Å²) in [6, 6.07) is 4.03. The summed E-state index contributed by atoms with van der Waals surface area (Å²) in [6.45, 7) is 6.45. The number of amides is 1. The van der Waals surface area contributed by atoms with E-state index in [1.807, 2.05) is 17.8 Å². The molecule has 1 aromatic heterocycles. The Bertz CT molecular complexity index is 505. The van der Waals surface area contributed by atoms with Crippen LogP contribution in [-0.2, 0) is 0 Å². The zero-order chi connectivity index (χ0) is 15.5. The zero-order valence-electron chi connectivity index (χ0n) is 13.3. The predicted octanol–water partition coefficient (Wildman–Crippen LogP) is 2.48. The van der Waals surface area contributed by atoms with Crippen LogP contribution in [0.5, 0.6) is 0 Å². The Balaban J connectivity index is 1.63. The number of aromatic nitrogens is 2. The van der Waals surface area contributed by atoms with Crippen LogP contribution in [0.4, 0.5) is 5.82 Å². The molecule has 2 atom stereocenters. The summed E-state index contributed by atoms with van der Waals surface area (Å²) in [5, 5.41) is 12.6. The molecule has 1 N–H and O–H groups in total. The molecule has 1 amide bonds. The zero-order valence-corrected chi connectivity index (χ0v) is 14.1. The van der Waals surface area contributed by atoms with E-state index in [1.54, 1.807) is 6.07 Å². The van der Waals surface area contributed by atoms with Crippen molar-refractivity contribution in [3.05, 3.63) is 17.8 Å². The lowest BCUT2D eigenvalue weighted by Gasteiger charge is -2.35. The van der Waals surface area contributed by atoms with Crippen LogP contribution in [0, 0.1) is 0 Å². The Kier molecular flexibility index (Phi) is 4.86. The van der Waals surface area contributed by atoms with Crippen molar-refractivity contribution >= 4 is 23.5 Å². The molecule has 0 aromatic carbocycles. The first-order valence-electron chi connectivity index (χ1n) is 8.17. The van der Waals surface area contributed by atoms with E-state index in [0.717, 1.165) is 31.7 Å². The molecule has 2 aliphatic rings. The van der Waals surface area contributed by atoms with Crippen molar-refractivity contribution in [2.75, 3.05) is 18.0 Å². The number of hydrogen-bond donors (Lipinski definition) is 1. The third kappa shape index (κ3) is 3.72. The van der Waals surface area contributed by atoms with Gasteiger partial charge in [-0.1, -0.05) is 26.7 Å². The van der Waals surface area contributed by atoms with Crippen LogP contribution in [-0.4, -0.2) is 45.7 Å². The van der Waals surface area contributed by atoms with Crippen molar-refractivity contribution in [3.63, 3.8) is 0 Å². The number of nitrogens with one attached hydrogen (secondary N) is 1. The molecular formula is C16H24N4OS. The Labute approximate surface area is 136 Å². The third-order valence-electron chi connectivity index (χ3n) is 4.32. The molecule has 22 heavy (non-hydrogen) atoms. The molecule has 1 saturated carbocycles. The Morgan fingerprint density at radius 2 is 1.86 bits per heavy atom. The van der Waals surface area contributed by atoms with Gasteiger partial charge >= 0.3 is 0 Å². The highest BCUT2D eigenvalue weighted by atomic mass is 32.2. The number of anilines is 1. The quantitative estimate of drug-likeness (QED) is 0.927. The van der Waals surface area contributed by atoms with Crippen molar-refractivity contribution in [1.82, 2.24) is 15.5 Å². The summed E-state index contributed by atoms with van der Waals surface area (Å²) < 4.78 is 0. The Morgan fingerprint density at radius 1 is 1.18 bits per heavy atom. The van der Waals surface area contributed by atoms with E-state index in [1.165, 1.54) is 12.8 Å². The minimum atomic E-state index is -0.0955. The average molecular weight is 320 g/mol. The topological polar surface area (TPSA) is 58.1 Å². The summed E-state index contributed by atoms with van der Waals surface area (Å²) in [5.41, 5.74) is 0.420. The van der Waals surface area contributed by atoms with Crippen molar-refractivity contribution in [2.45, 2.75) is 56.1 Å². The standard InChI is InChI=1S/C16H24N4OS/c1-11-9-20(10-12(2)22-11)15-8-7-14(18-19-15)16(21)17-13-5-3-4-6-13/h7-8,11-13H,3-6,9-10H2,1-2H3,(H,17,21)/t11-,12-/m1/s1. The molecule has 0 unspecified atom stereocenters. The van der Waals surface area contributed by atoms with E-state index in [2.05, 4.69) is 34.3 Å². The molecule has 1 aromatic rings. The third-order valence-corrected chi connectivity index (χ3v) is 5.54. The molecule has 1 aliphatic carbocycles. The van der Waals surface area contributed by atoms with E-state index in [4.69, 9.17) is 0 Å². The van der Waals surface area contributed by atoms with Gasteiger partial charge in [0.2, 0.25) is 0 Å². The number of nitrogens with zero attached hydrogens (tertiary/aromatic N) is 3. The second-order valence-corrected chi connectivity index (χ2v) is 8.28. The van der Waals surface area contributed by atoms with Crippen molar-refractivity contribution in [3.8, 4) is 0 Å². The summed E-state index contributed by atoms with van der Waals surface area (Å²) in [5.74, 6) is 0.776. The molecule has 6 heteroatoms. The van der Waals surface area contributed by atoms with Crippen LogP contribution in [0.2, 0.25) is 0 Å². The summed E-state index contributed by atoms with van der Waals surface area (Å²) in [4.78, 5) is 14.4. The highest BCUT2D eigenvalue weighted by Crippen LogP contribution is 2.27. The van der Waals surface area contributed by atoms with Crippen LogP contribution < -0.4 is 10.2 Å². The lowest BCUT2D eigenvalue weighted by molar-refractivity contribution is 0.0932. The van der Waals surface area contributed by atoms with Gasteiger partial charge in [0, 0.05) is 29.6 Å². The fourth-order valence-electron chi connectivity index (χ4n) is 3.31.